The third-order valence-electron chi connectivity index (χ3n) is 5.24. The predicted molar refractivity (Wildman–Crippen MR) is 89.9 cm³/mol. The van der Waals surface area contributed by atoms with Crippen molar-refractivity contribution in [3.8, 4) is 6.07 Å². The fourth-order valence-electron chi connectivity index (χ4n) is 3.70. The Morgan fingerprint density at radius 2 is 2.00 bits per heavy atom. The summed E-state index contributed by atoms with van der Waals surface area (Å²) in [6.45, 7) is 1.85. The van der Waals surface area contributed by atoms with Gasteiger partial charge < -0.3 is 4.90 Å². The lowest BCUT2D eigenvalue weighted by molar-refractivity contribution is -0.143. The number of nitrogens with zero attached hydrogens (tertiary/aromatic N) is 3. The molecule has 0 saturated carbocycles. The highest BCUT2D eigenvalue weighted by Gasteiger charge is 2.38. The van der Waals surface area contributed by atoms with Crippen LogP contribution in [0.2, 0.25) is 0 Å². The third kappa shape index (κ3) is 4.36. The number of rotatable bonds is 3. The van der Waals surface area contributed by atoms with Gasteiger partial charge >= 0.3 is 0 Å². The molecule has 2 aliphatic heterocycles. The molecule has 2 aliphatic rings. The van der Waals surface area contributed by atoms with Crippen LogP contribution < -0.4 is 0 Å². The SMILES string of the molecule is N#Cc1ccc(CN2CCCC(C(=O)N3CCC(F)(F)CC3)C2)c(F)c1. The molecule has 140 valence electrons. The van der Waals surface area contributed by atoms with Crippen molar-refractivity contribution in [1.29, 1.82) is 5.26 Å². The number of likely N-dealkylation sites (tertiary alicyclic amines) is 2. The lowest BCUT2D eigenvalue weighted by Gasteiger charge is -2.37. The Morgan fingerprint density at radius 1 is 1.27 bits per heavy atom. The maximum absolute atomic E-state index is 14.1. The first kappa shape index (κ1) is 18.7. The van der Waals surface area contributed by atoms with Gasteiger partial charge in [-0.2, -0.15) is 5.26 Å². The Hall–Kier alpha value is -2.07. The Morgan fingerprint density at radius 3 is 2.65 bits per heavy atom. The predicted octanol–water partition coefficient (Wildman–Crippen LogP) is 3.17. The summed E-state index contributed by atoms with van der Waals surface area (Å²) in [5, 5.41) is 8.81. The Labute approximate surface area is 151 Å². The zero-order chi connectivity index (χ0) is 18.7. The summed E-state index contributed by atoms with van der Waals surface area (Å²) >= 11 is 0. The van der Waals surface area contributed by atoms with Crippen LogP contribution >= 0.6 is 0 Å². The minimum Gasteiger partial charge on any atom is -0.342 e. The number of nitriles is 1. The number of hydrogen-bond donors (Lipinski definition) is 0. The summed E-state index contributed by atoms with van der Waals surface area (Å²) in [5.41, 5.74) is 0.773. The topological polar surface area (TPSA) is 47.3 Å². The molecule has 1 aromatic rings. The number of hydrogen-bond acceptors (Lipinski definition) is 3. The van der Waals surface area contributed by atoms with Gasteiger partial charge in [-0.3, -0.25) is 9.69 Å². The number of amides is 1. The minimum atomic E-state index is -2.66. The molecule has 0 bridgehead atoms. The zero-order valence-corrected chi connectivity index (χ0v) is 14.6. The molecular formula is C19H22F3N3O. The minimum absolute atomic E-state index is 0.0644. The summed E-state index contributed by atoms with van der Waals surface area (Å²) < 4.78 is 40.6. The van der Waals surface area contributed by atoms with Gasteiger partial charge in [-0.15, -0.1) is 0 Å². The van der Waals surface area contributed by atoms with Crippen LogP contribution in [0.4, 0.5) is 13.2 Å². The molecule has 0 aromatic heterocycles. The summed E-state index contributed by atoms with van der Waals surface area (Å²) in [5.74, 6) is -3.37. The maximum Gasteiger partial charge on any atom is 0.251 e. The van der Waals surface area contributed by atoms with E-state index in [4.69, 9.17) is 5.26 Å². The number of carbonyl (C=O) groups excluding carboxylic acids is 1. The smallest absolute Gasteiger partial charge is 0.251 e. The molecule has 2 fully saturated rings. The van der Waals surface area contributed by atoms with Crippen molar-refractivity contribution in [3.63, 3.8) is 0 Å². The molecule has 1 amide bonds. The highest BCUT2D eigenvalue weighted by molar-refractivity contribution is 5.79. The molecule has 1 atom stereocenters. The van der Waals surface area contributed by atoms with E-state index < -0.39 is 11.7 Å². The molecule has 1 unspecified atom stereocenters. The van der Waals surface area contributed by atoms with Crippen LogP contribution in [0.25, 0.3) is 0 Å². The van der Waals surface area contributed by atoms with E-state index in [1.54, 1.807) is 17.0 Å². The fourth-order valence-corrected chi connectivity index (χ4v) is 3.70. The van der Waals surface area contributed by atoms with Gasteiger partial charge in [0.1, 0.15) is 5.82 Å². The van der Waals surface area contributed by atoms with Crippen molar-refractivity contribution >= 4 is 5.91 Å². The average molecular weight is 365 g/mol. The summed E-state index contributed by atoms with van der Waals surface area (Å²) in [7, 11) is 0. The van der Waals surface area contributed by atoms with E-state index in [0.717, 1.165) is 19.4 Å². The quantitative estimate of drug-likeness (QED) is 0.827. The molecule has 0 aliphatic carbocycles. The van der Waals surface area contributed by atoms with Crippen molar-refractivity contribution < 1.29 is 18.0 Å². The largest absolute Gasteiger partial charge is 0.342 e. The molecule has 2 heterocycles. The van der Waals surface area contributed by atoms with E-state index in [2.05, 4.69) is 0 Å². The second-order valence-electron chi connectivity index (χ2n) is 7.17. The number of piperidine rings is 2. The van der Waals surface area contributed by atoms with Crippen molar-refractivity contribution in [2.45, 2.75) is 38.2 Å². The van der Waals surface area contributed by atoms with Gasteiger partial charge in [-0.25, -0.2) is 13.2 Å². The molecule has 26 heavy (non-hydrogen) atoms. The van der Waals surface area contributed by atoms with Crippen LogP contribution in [0, 0.1) is 23.1 Å². The van der Waals surface area contributed by atoms with Crippen LogP contribution in [0.3, 0.4) is 0 Å². The molecule has 2 saturated heterocycles. The Bertz CT molecular complexity index is 706. The lowest BCUT2D eigenvalue weighted by atomic mass is 9.94. The van der Waals surface area contributed by atoms with Crippen LogP contribution in [-0.2, 0) is 11.3 Å². The summed E-state index contributed by atoms with van der Waals surface area (Å²) in [6.07, 6.45) is 1.01. The normalized spacial score (nSPS) is 23.5. The van der Waals surface area contributed by atoms with Gasteiger partial charge in [0.05, 0.1) is 17.6 Å². The number of carbonyl (C=O) groups is 1. The molecule has 0 N–H and O–H groups in total. The fraction of sp³-hybridized carbons (Fsp3) is 0.579. The molecule has 0 spiro atoms. The highest BCUT2D eigenvalue weighted by Crippen LogP contribution is 2.29. The monoisotopic (exact) mass is 365 g/mol. The van der Waals surface area contributed by atoms with E-state index in [9.17, 15) is 18.0 Å². The van der Waals surface area contributed by atoms with Crippen molar-refractivity contribution in [2.24, 2.45) is 5.92 Å². The van der Waals surface area contributed by atoms with Crippen molar-refractivity contribution in [1.82, 2.24) is 9.80 Å². The summed E-state index contributed by atoms with van der Waals surface area (Å²) in [4.78, 5) is 16.2. The van der Waals surface area contributed by atoms with Crippen molar-refractivity contribution in [2.75, 3.05) is 26.2 Å². The van der Waals surface area contributed by atoms with Crippen molar-refractivity contribution in [3.05, 3.63) is 35.1 Å². The Kier molecular flexibility index (Phi) is 5.52. The molecule has 1 aromatic carbocycles. The van der Waals surface area contributed by atoms with E-state index in [1.165, 1.54) is 6.07 Å². The number of alkyl halides is 2. The van der Waals surface area contributed by atoms with E-state index in [-0.39, 0.29) is 43.3 Å². The molecule has 4 nitrogen and oxygen atoms in total. The average Bonchev–Trinajstić information content (AvgIpc) is 2.63. The first-order chi connectivity index (χ1) is 12.4. The van der Waals surface area contributed by atoms with Crippen LogP contribution in [0.1, 0.15) is 36.8 Å². The van der Waals surface area contributed by atoms with E-state index in [0.29, 0.717) is 18.7 Å². The molecule has 0 radical (unpaired) electrons. The standard InChI is InChI=1S/C19H22F3N3O/c20-17-10-14(11-23)3-4-15(17)12-24-7-1-2-16(13-24)18(26)25-8-5-19(21,22)6-9-25/h3-4,10,16H,1-2,5-9,12-13H2. The van der Waals surface area contributed by atoms with Crippen LogP contribution in [-0.4, -0.2) is 47.8 Å². The van der Waals surface area contributed by atoms with Crippen LogP contribution in [0.15, 0.2) is 18.2 Å². The molecular weight excluding hydrogens is 343 g/mol. The second kappa shape index (κ2) is 7.67. The second-order valence-corrected chi connectivity index (χ2v) is 7.17. The van der Waals surface area contributed by atoms with Gasteiger partial charge in [0.25, 0.3) is 5.92 Å². The third-order valence-corrected chi connectivity index (χ3v) is 5.24. The zero-order valence-electron chi connectivity index (χ0n) is 14.6. The van der Waals surface area contributed by atoms with Gasteiger partial charge in [-0.05, 0) is 31.5 Å². The first-order valence-corrected chi connectivity index (χ1v) is 8.95. The molecule has 7 heteroatoms. The summed E-state index contributed by atoms with van der Waals surface area (Å²) in [6, 6.07) is 6.31. The lowest BCUT2D eigenvalue weighted by Crippen LogP contribution is -2.48. The van der Waals surface area contributed by atoms with E-state index >= 15 is 0 Å². The molecule has 3 rings (SSSR count). The maximum atomic E-state index is 14.1. The van der Waals surface area contributed by atoms with Gasteiger partial charge in [0.15, 0.2) is 0 Å². The number of halogens is 3. The van der Waals surface area contributed by atoms with Gasteiger partial charge in [0, 0.05) is 44.6 Å². The Balaban J connectivity index is 1.59. The first-order valence-electron chi connectivity index (χ1n) is 8.95. The van der Waals surface area contributed by atoms with Crippen LogP contribution in [0.5, 0.6) is 0 Å². The van der Waals surface area contributed by atoms with E-state index in [1.807, 2.05) is 11.0 Å². The van der Waals surface area contributed by atoms with Gasteiger partial charge in [0.2, 0.25) is 5.91 Å². The number of benzene rings is 1. The van der Waals surface area contributed by atoms with Gasteiger partial charge in [-0.1, -0.05) is 6.07 Å². The highest BCUT2D eigenvalue weighted by atomic mass is 19.3.